The summed E-state index contributed by atoms with van der Waals surface area (Å²) in [6.45, 7) is 0. The van der Waals surface area contributed by atoms with Crippen LogP contribution < -0.4 is 5.56 Å². The second kappa shape index (κ2) is 5.57. The lowest BCUT2D eigenvalue weighted by Crippen LogP contribution is -2.20. The minimum atomic E-state index is -0.872. The van der Waals surface area contributed by atoms with E-state index in [4.69, 9.17) is 9.41 Å². The molecule has 2 aromatic heterocycles. The molecule has 6 nitrogen and oxygen atoms in total. The van der Waals surface area contributed by atoms with Crippen LogP contribution in [0.2, 0.25) is 0 Å². The number of nitrogens with one attached hydrogen (secondary N) is 1. The molecule has 4 aromatic rings. The van der Waals surface area contributed by atoms with Crippen LogP contribution >= 0.6 is 0 Å². The summed E-state index contributed by atoms with van der Waals surface area (Å²) in [5.41, 5.74) is 3.40. The van der Waals surface area contributed by atoms with E-state index in [9.17, 15) is 9.90 Å². The summed E-state index contributed by atoms with van der Waals surface area (Å²) in [6.07, 6.45) is 1.08. The molecule has 0 bridgehead atoms. The molecule has 6 heteroatoms. The molecule has 2 aromatic carbocycles. The van der Waals surface area contributed by atoms with Crippen molar-refractivity contribution in [2.24, 2.45) is 4.99 Å². The first-order valence-corrected chi connectivity index (χ1v) is 8.34. The first-order chi connectivity index (χ1) is 12.7. The molecule has 2 N–H and O–H groups in total. The second-order valence-corrected chi connectivity index (χ2v) is 6.29. The van der Waals surface area contributed by atoms with E-state index in [2.05, 4.69) is 5.10 Å². The molecule has 0 radical (unpaired) electrons. The normalized spacial score (nSPS) is 16.5. The minimum Gasteiger partial charge on any atom is -0.464 e. The molecule has 0 saturated carbocycles. The van der Waals surface area contributed by atoms with Gasteiger partial charge >= 0.3 is 0 Å². The van der Waals surface area contributed by atoms with E-state index in [0.29, 0.717) is 17.8 Å². The van der Waals surface area contributed by atoms with Crippen molar-refractivity contribution in [2.45, 2.75) is 12.6 Å². The van der Waals surface area contributed by atoms with Gasteiger partial charge in [0, 0.05) is 11.8 Å². The van der Waals surface area contributed by atoms with Crippen LogP contribution in [0.4, 0.5) is 5.82 Å². The van der Waals surface area contributed by atoms with Gasteiger partial charge in [0.2, 0.25) is 0 Å². The smallest absolute Gasteiger partial charge is 0.274 e. The molecular weight excluding hydrogens is 330 g/mol. The lowest BCUT2D eigenvalue weighted by atomic mass is 10.0. The number of hydrogen-bond acceptors (Lipinski definition) is 4. The van der Waals surface area contributed by atoms with E-state index < -0.39 is 6.23 Å². The van der Waals surface area contributed by atoms with Gasteiger partial charge in [-0.3, -0.25) is 9.89 Å². The number of nitrogens with zero attached hydrogens (tertiary/aromatic N) is 2. The monoisotopic (exact) mass is 345 g/mol. The fraction of sp³-hybridized carbons (Fsp3) is 0.100. The SMILES string of the molecule is O=c1[nH]n2c(c1-c1ccccc1)N=C(c1ccc3occc3c1)CC2O. The summed E-state index contributed by atoms with van der Waals surface area (Å²) in [6, 6.07) is 17.0. The maximum atomic E-state index is 12.5. The summed E-state index contributed by atoms with van der Waals surface area (Å²) in [5.74, 6) is 0.447. The number of aliphatic hydroxyl groups excluding tert-OH is 1. The summed E-state index contributed by atoms with van der Waals surface area (Å²) in [4.78, 5) is 17.2. The van der Waals surface area contributed by atoms with Gasteiger partial charge in [0.15, 0.2) is 12.0 Å². The third-order valence-corrected chi connectivity index (χ3v) is 4.66. The van der Waals surface area contributed by atoms with Crippen LogP contribution in [0.15, 0.2) is 75.1 Å². The Labute approximate surface area is 148 Å². The molecular formula is C20H15N3O3. The number of H-pyrrole nitrogens is 1. The van der Waals surface area contributed by atoms with Gasteiger partial charge in [-0.2, -0.15) is 0 Å². The Morgan fingerprint density at radius 1 is 1.12 bits per heavy atom. The average molecular weight is 345 g/mol. The standard InChI is InChI=1S/C20H15N3O3/c24-17-11-15(13-6-7-16-14(10-13)8-9-26-16)21-19-18(20(25)22-23(17)19)12-4-2-1-3-5-12/h1-10,17,24H,11H2,(H,22,25). The number of fused-ring (bicyclic) bond motifs is 2. The maximum absolute atomic E-state index is 12.5. The molecule has 1 unspecified atom stereocenters. The van der Waals surface area contributed by atoms with Crippen LogP contribution in [0.25, 0.3) is 22.1 Å². The van der Waals surface area contributed by atoms with Gasteiger partial charge in [0.1, 0.15) is 5.58 Å². The van der Waals surface area contributed by atoms with Crippen LogP contribution in [0.5, 0.6) is 0 Å². The van der Waals surface area contributed by atoms with Crippen molar-refractivity contribution in [1.82, 2.24) is 9.78 Å². The number of benzene rings is 2. The highest BCUT2D eigenvalue weighted by atomic mass is 16.3. The minimum absolute atomic E-state index is 0.263. The van der Waals surface area contributed by atoms with Crippen LogP contribution in [0, 0.1) is 0 Å². The summed E-state index contributed by atoms with van der Waals surface area (Å²) >= 11 is 0. The number of hydrogen-bond donors (Lipinski definition) is 2. The topological polar surface area (TPSA) is 83.5 Å². The van der Waals surface area contributed by atoms with Gasteiger partial charge < -0.3 is 9.52 Å². The van der Waals surface area contributed by atoms with E-state index >= 15 is 0 Å². The van der Waals surface area contributed by atoms with E-state index in [-0.39, 0.29) is 5.56 Å². The number of furan rings is 1. The number of aromatic amines is 1. The Morgan fingerprint density at radius 2 is 1.96 bits per heavy atom. The zero-order chi connectivity index (χ0) is 17.7. The first-order valence-electron chi connectivity index (χ1n) is 8.34. The molecule has 0 fully saturated rings. The van der Waals surface area contributed by atoms with Crippen molar-refractivity contribution < 1.29 is 9.52 Å². The predicted molar refractivity (Wildman–Crippen MR) is 98.8 cm³/mol. The van der Waals surface area contributed by atoms with E-state index in [1.165, 1.54) is 4.68 Å². The quantitative estimate of drug-likeness (QED) is 0.582. The number of aromatic nitrogens is 2. The fourth-order valence-electron chi connectivity index (χ4n) is 3.40. The van der Waals surface area contributed by atoms with Gasteiger partial charge in [-0.1, -0.05) is 30.3 Å². The highest BCUT2D eigenvalue weighted by Gasteiger charge is 2.26. The zero-order valence-corrected chi connectivity index (χ0v) is 13.7. The number of rotatable bonds is 2. The summed E-state index contributed by atoms with van der Waals surface area (Å²) in [7, 11) is 0. The Hall–Kier alpha value is -3.38. The second-order valence-electron chi connectivity index (χ2n) is 6.29. The van der Waals surface area contributed by atoms with Crippen LogP contribution in [-0.4, -0.2) is 20.6 Å². The lowest BCUT2D eigenvalue weighted by molar-refractivity contribution is 0.0972. The van der Waals surface area contributed by atoms with Crippen molar-refractivity contribution in [3.8, 4) is 11.1 Å². The summed E-state index contributed by atoms with van der Waals surface area (Å²) < 4.78 is 6.81. The Balaban J connectivity index is 1.70. The van der Waals surface area contributed by atoms with Crippen LogP contribution in [0.3, 0.4) is 0 Å². The summed E-state index contributed by atoms with van der Waals surface area (Å²) in [5, 5.41) is 14.2. The molecule has 0 aliphatic carbocycles. The number of aliphatic imine (C=N–C) groups is 1. The van der Waals surface area contributed by atoms with E-state index in [0.717, 1.165) is 27.8 Å². The molecule has 1 atom stereocenters. The molecule has 128 valence electrons. The van der Waals surface area contributed by atoms with Gasteiger partial charge in [-0.25, -0.2) is 9.67 Å². The van der Waals surface area contributed by atoms with Gasteiger partial charge in [0.05, 0.1) is 17.5 Å². The molecule has 0 spiro atoms. The van der Waals surface area contributed by atoms with Gasteiger partial charge in [0.25, 0.3) is 5.56 Å². The molecule has 1 aliphatic rings. The Morgan fingerprint density at radius 3 is 2.81 bits per heavy atom. The molecule has 3 heterocycles. The molecule has 0 amide bonds. The average Bonchev–Trinajstić information content (AvgIpc) is 3.25. The number of aliphatic hydroxyl groups is 1. The predicted octanol–water partition coefficient (Wildman–Crippen LogP) is 3.61. The highest BCUT2D eigenvalue weighted by Crippen LogP contribution is 2.34. The molecule has 0 saturated heterocycles. The lowest BCUT2D eigenvalue weighted by Gasteiger charge is -2.21. The van der Waals surface area contributed by atoms with E-state index in [1.807, 2.05) is 54.6 Å². The Kier molecular flexibility index (Phi) is 3.20. The van der Waals surface area contributed by atoms with Crippen molar-refractivity contribution in [3.05, 3.63) is 76.8 Å². The fourth-order valence-corrected chi connectivity index (χ4v) is 3.40. The Bertz CT molecular complexity index is 1200. The maximum Gasteiger partial charge on any atom is 0.274 e. The van der Waals surface area contributed by atoms with Gasteiger partial charge in [-0.15, -0.1) is 0 Å². The van der Waals surface area contributed by atoms with Crippen molar-refractivity contribution >= 4 is 22.5 Å². The third-order valence-electron chi connectivity index (χ3n) is 4.66. The molecule has 5 rings (SSSR count). The molecule has 1 aliphatic heterocycles. The van der Waals surface area contributed by atoms with Gasteiger partial charge in [-0.05, 0) is 35.4 Å². The van der Waals surface area contributed by atoms with Crippen LogP contribution in [0.1, 0.15) is 18.2 Å². The molecule has 26 heavy (non-hydrogen) atoms. The van der Waals surface area contributed by atoms with Crippen LogP contribution in [-0.2, 0) is 0 Å². The van der Waals surface area contributed by atoms with Crippen molar-refractivity contribution in [3.63, 3.8) is 0 Å². The third kappa shape index (κ3) is 2.23. The van der Waals surface area contributed by atoms with Crippen molar-refractivity contribution in [2.75, 3.05) is 0 Å². The first kappa shape index (κ1) is 14.9. The largest absolute Gasteiger partial charge is 0.464 e. The zero-order valence-electron chi connectivity index (χ0n) is 13.7. The van der Waals surface area contributed by atoms with Crippen molar-refractivity contribution in [1.29, 1.82) is 0 Å². The van der Waals surface area contributed by atoms with E-state index in [1.54, 1.807) is 6.26 Å². The highest BCUT2D eigenvalue weighted by molar-refractivity contribution is 6.05.